The van der Waals surface area contributed by atoms with Crippen molar-refractivity contribution in [1.29, 1.82) is 0 Å². The van der Waals surface area contributed by atoms with Crippen LogP contribution in [-0.4, -0.2) is 27.7 Å². The number of hydrogen-bond donors (Lipinski definition) is 2. The fraction of sp³-hybridized carbons (Fsp3) is 0.650. The highest BCUT2D eigenvalue weighted by Crippen LogP contribution is 2.29. The van der Waals surface area contributed by atoms with E-state index in [1.807, 2.05) is 6.92 Å². The summed E-state index contributed by atoms with van der Waals surface area (Å²) in [7, 11) is 0. The van der Waals surface area contributed by atoms with E-state index in [0.29, 0.717) is 23.2 Å². The summed E-state index contributed by atoms with van der Waals surface area (Å²) in [5.41, 5.74) is 1.08. The van der Waals surface area contributed by atoms with Crippen molar-refractivity contribution in [3.63, 3.8) is 0 Å². The van der Waals surface area contributed by atoms with Crippen molar-refractivity contribution in [2.45, 2.75) is 72.1 Å². The number of fused-ring (bicyclic) bond motifs is 1. The number of H-pyrrole nitrogens is 1. The zero-order valence-electron chi connectivity index (χ0n) is 17.0. The predicted octanol–water partition coefficient (Wildman–Crippen LogP) is 4.42. The second-order valence-corrected chi connectivity index (χ2v) is 9.49. The van der Waals surface area contributed by atoms with Gasteiger partial charge in [-0.15, -0.1) is 23.1 Å². The molecule has 0 saturated carbocycles. The molecule has 0 aromatic carbocycles. The molecule has 0 radical (unpaired) electrons. The predicted molar refractivity (Wildman–Crippen MR) is 117 cm³/mol. The Kier molecular flexibility index (Phi) is 8.35. The monoisotopic (exact) mass is 409 g/mol. The Labute approximate surface area is 169 Å². The molecule has 2 rings (SSSR count). The molecule has 7 heteroatoms. The number of carbonyl (C=O) groups excluding carboxylic acids is 1. The maximum atomic E-state index is 12.6. The van der Waals surface area contributed by atoms with Crippen molar-refractivity contribution in [2.75, 3.05) is 5.75 Å². The van der Waals surface area contributed by atoms with Gasteiger partial charge in [0.25, 0.3) is 5.56 Å². The number of aromatic nitrogens is 2. The van der Waals surface area contributed by atoms with Gasteiger partial charge in [-0.3, -0.25) is 9.59 Å². The number of rotatable bonds is 10. The summed E-state index contributed by atoms with van der Waals surface area (Å²) in [5.74, 6) is 2.12. The van der Waals surface area contributed by atoms with Crippen LogP contribution in [0.25, 0.3) is 10.2 Å². The van der Waals surface area contributed by atoms with Crippen LogP contribution in [0.3, 0.4) is 0 Å². The summed E-state index contributed by atoms with van der Waals surface area (Å²) in [6.45, 7) is 10.6. The van der Waals surface area contributed by atoms with E-state index >= 15 is 0 Å². The molecule has 0 aliphatic carbocycles. The summed E-state index contributed by atoms with van der Waals surface area (Å²) in [5, 5.41) is 3.74. The van der Waals surface area contributed by atoms with E-state index in [0.717, 1.165) is 41.5 Å². The number of nitrogens with zero attached hydrogens (tertiary/aromatic N) is 1. The maximum absolute atomic E-state index is 12.6. The molecule has 0 aliphatic rings. The van der Waals surface area contributed by atoms with Gasteiger partial charge >= 0.3 is 0 Å². The van der Waals surface area contributed by atoms with Crippen molar-refractivity contribution in [2.24, 2.45) is 5.92 Å². The van der Waals surface area contributed by atoms with Crippen LogP contribution in [-0.2, 0) is 17.0 Å². The third-order valence-electron chi connectivity index (χ3n) is 4.76. The van der Waals surface area contributed by atoms with Crippen molar-refractivity contribution in [3.8, 4) is 0 Å². The largest absolute Gasteiger partial charge is 0.353 e. The number of thiophene rings is 1. The summed E-state index contributed by atoms with van der Waals surface area (Å²) >= 11 is 3.07. The van der Waals surface area contributed by atoms with Crippen molar-refractivity contribution in [3.05, 3.63) is 26.6 Å². The van der Waals surface area contributed by atoms with Crippen LogP contribution in [0.1, 0.15) is 63.2 Å². The molecule has 2 N–H and O–H groups in total. The van der Waals surface area contributed by atoms with Gasteiger partial charge in [0.2, 0.25) is 5.91 Å². The van der Waals surface area contributed by atoms with Gasteiger partial charge in [0.15, 0.2) is 0 Å². The molecule has 5 nitrogen and oxygen atoms in total. The summed E-state index contributed by atoms with van der Waals surface area (Å²) < 4.78 is 0. The number of carbonyl (C=O) groups is 1. The van der Waals surface area contributed by atoms with E-state index in [2.05, 4.69) is 43.0 Å². The fourth-order valence-corrected chi connectivity index (χ4v) is 4.86. The molecule has 1 amide bonds. The van der Waals surface area contributed by atoms with Crippen LogP contribution in [0.2, 0.25) is 0 Å². The highest BCUT2D eigenvalue weighted by Gasteiger charge is 2.17. The van der Waals surface area contributed by atoms with Gasteiger partial charge in [-0.25, -0.2) is 4.98 Å². The standard InChI is InChI=1S/C20H31N3O2S2/c1-6-8-13(4)21-17(24)11-26-10-16-22-19(25)18-15(9-12(3)7-2)14(5)27-20(18)23-16/h12-13H,6-11H2,1-5H3,(H,21,24)(H,22,23,25)/t12-,13-/m0/s1. The first-order valence-electron chi connectivity index (χ1n) is 9.73. The molecule has 0 bridgehead atoms. The van der Waals surface area contributed by atoms with Crippen LogP contribution >= 0.6 is 23.1 Å². The van der Waals surface area contributed by atoms with E-state index < -0.39 is 0 Å². The van der Waals surface area contributed by atoms with Crippen LogP contribution < -0.4 is 10.9 Å². The zero-order chi connectivity index (χ0) is 20.0. The Morgan fingerprint density at radius 1 is 1.33 bits per heavy atom. The minimum absolute atomic E-state index is 0.0344. The van der Waals surface area contributed by atoms with Gasteiger partial charge in [0.05, 0.1) is 16.9 Å². The molecular weight excluding hydrogens is 378 g/mol. The molecule has 0 saturated heterocycles. The highest BCUT2D eigenvalue weighted by molar-refractivity contribution is 7.99. The minimum Gasteiger partial charge on any atom is -0.353 e. The van der Waals surface area contributed by atoms with Crippen LogP contribution in [0.15, 0.2) is 4.79 Å². The van der Waals surface area contributed by atoms with E-state index in [1.54, 1.807) is 11.3 Å². The van der Waals surface area contributed by atoms with Crippen molar-refractivity contribution in [1.82, 2.24) is 15.3 Å². The Morgan fingerprint density at radius 2 is 2.07 bits per heavy atom. The SMILES string of the molecule is CCC[C@H](C)NC(=O)CSCc1nc2sc(C)c(C[C@@H](C)CC)c2c(=O)[nH]1. The third-order valence-corrected chi connectivity index (χ3v) is 6.75. The lowest BCUT2D eigenvalue weighted by molar-refractivity contribution is -0.119. The first kappa shape index (κ1) is 22.0. The Balaban J connectivity index is 2.04. The second kappa shape index (κ2) is 10.3. The highest BCUT2D eigenvalue weighted by atomic mass is 32.2. The van der Waals surface area contributed by atoms with E-state index in [1.165, 1.54) is 16.6 Å². The molecule has 2 aromatic rings. The van der Waals surface area contributed by atoms with Crippen molar-refractivity contribution < 1.29 is 4.79 Å². The molecule has 150 valence electrons. The van der Waals surface area contributed by atoms with E-state index in [-0.39, 0.29) is 17.5 Å². The van der Waals surface area contributed by atoms with Gasteiger partial charge in [-0.1, -0.05) is 33.6 Å². The molecule has 0 fully saturated rings. The van der Waals surface area contributed by atoms with Crippen LogP contribution in [0.4, 0.5) is 0 Å². The lowest BCUT2D eigenvalue weighted by Gasteiger charge is -2.12. The number of nitrogens with one attached hydrogen (secondary N) is 2. The Morgan fingerprint density at radius 3 is 2.74 bits per heavy atom. The Bertz CT molecular complexity index is 828. The molecule has 2 aromatic heterocycles. The normalized spacial score (nSPS) is 13.7. The summed E-state index contributed by atoms with van der Waals surface area (Å²) in [6.07, 6.45) is 4.05. The van der Waals surface area contributed by atoms with E-state index in [9.17, 15) is 9.59 Å². The average molecular weight is 410 g/mol. The molecule has 0 spiro atoms. The van der Waals surface area contributed by atoms with Crippen molar-refractivity contribution >= 4 is 39.2 Å². The minimum atomic E-state index is -0.0562. The lowest BCUT2D eigenvalue weighted by Crippen LogP contribution is -2.33. The molecule has 2 heterocycles. The number of amides is 1. The fourth-order valence-electron chi connectivity index (χ4n) is 3.09. The average Bonchev–Trinajstić information content (AvgIpc) is 2.90. The molecule has 0 unspecified atom stereocenters. The molecular formula is C20H31N3O2S2. The molecule has 27 heavy (non-hydrogen) atoms. The Hall–Kier alpha value is -1.34. The third kappa shape index (κ3) is 6.07. The van der Waals surface area contributed by atoms with Gasteiger partial charge in [-0.2, -0.15) is 0 Å². The van der Waals surface area contributed by atoms with Gasteiger partial charge in [0.1, 0.15) is 10.7 Å². The van der Waals surface area contributed by atoms with E-state index in [4.69, 9.17) is 0 Å². The first-order valence-corrected chi connectivity index (χ1v) is 11.7. The number of aromatic amines is 1. The smallest absolute Gasteiger partial charge is 0.259 e. The number of thioether (sulfide) groups is 1. The first-order chi connectivity index (χ1) is 12.8. The van der Waals surface area contributed by atoms with Gasteiger partial charge in [0, 0.05) is 10.9 Å². The van der Waals surface area contributed by atoms with Gasteiger partial charge < -0.3 is 10.3 Å². The number of hydrogen-bond acceptors (Lipinski definition) is 5. The summed E-state index contributed by atoms with van der Waals surface area (Å²) in [4.78, 5) is 34.2. The molecule has 0 aliphatic heterocycles. The van der Waals surface area contributed by atoms with Crippen LogP contribution in [0, 0.1) is 12.8 Å². The zero-order valence-corrected chi connectivity index (χ0v) is 18.6. The molecule has 2 atom stereocenters. The van der Waals surface area contributed by atoms with Gasteiger partial charge in [-0.05, 0) is 38.2 Å². The maximum Gasteiger partial charge on any atom is 0.259 e. The summed E-state index contributed by atoms with van der Waals surface area (Å²) in [6, 6.07) is 0.204. The number of aryl methyl sites for hydroxylation is 1. The van der Waals surface area contributed by atoms with Crippen LogP contribution in [0.5, 0.6) is 0 Å². The lowest BCUT2D eigenvalue weighted by atomic mass is 9.98. The quantitative estimate of drug-likeness (QED) is 0.609. The second-order valence-electron chi connectivity index (χ2n) is 7.30. The topological polar surface area (TPSA) is 74.8 Å².